The van der Waals surface area contributed by atoms with Gasteiger partial charge >= 0.3 is 4.45 Å². The van der Waals surface area contributed by atoms with Crippen LogP contribution in [0.4, 0.5) is 0 Å². The number of hydrogen-bond acceptors (Lipinski definition) is 4. The molecule has 0 atom stereocenters. The molecule has 0 unspecified atom stereocenters. The summed E-state index contributed by atoms with van der Waals surface area (Å²) in [6, 6.07) is 19.7. The zero-order valence-electron chi connectivity index (χ0n) is 11.0. The fourth-order valence-corrected chi connectivity index (χ4v) is 4.61. The van der Waals surface area contributed by atoms with E-state index in [-0.39, 0.29) is 0 Å². The fraction of sp³-hybridized carbons (Fsp3) is 0.250. The van der Waals surface area contributed by atoms with Gasteiger partial charge in [0.05, 0.1) is 0 Å². The molecule has 0 amide bonds. The summed E-state index contributed by atoms with van der Waals surface area (Å²) < 4.78 is 11.6. The average Bonchev–Trinajstić information content (AvgIpc) is 2.50. The lowest BCUT2D eigenvalue weighted by atomic mass is 10.3. The number of ether oxygens (including phenoxy) is 2. The largest absolute Gasteiger partial charge is 0.435 e. The summed E-state index contributed by atoms with van der Waals surface area (Å²) in [5.74, 6) is 3.77. The van der Waals surface area contributed by atoms with E-state index >= 15 is 0 Å². The normalized spacial score (nSPS) is 17.4. The molecule has 4 heteroatoms. The Hall–Kier alpha value is -1.26. The standard InChI is InChI=1S/C16H16O2S2/c1-3-8-14(9-4-1)17-16(19-12-7-13-20-16)18-15-10-5-2-6-11-15/h1-6,8-11H,7,12-13H2. The van der Waals surface area contributed by atoms with Crippen molar-refractivity contribution in [1.82, 2.24) is 0 Å². The highest BCUT2D eigenvalue weighted by Gasteiger charge is 2.39. The van der Waals surface area contributed by atoms with Crippen LogP contribution >= 0.6 is 23.5 Å². The lowest BCUT2D eigenvalue weighted by Gasteiger charge is -2.35. The molecule has 1 heterocycles. The molecule has 104 valence electrons. The quantitative estimate of drug-likeness (QED) is 0.767. The van der Waals surface area contributed by atoms with Crippen molar-refractivity contribution in [1.29, 1.82) is 0 Å². The number of benzene rings is 2. The first-order chi connectivity index (χ1) is 9.86. The highest BCUT2D eigenvalue weighted by Crippen LogP contribution is 2.44. The van der Waals surface area contributed by atoms with Gasteiger partial charge in [-0.05, 0) is 30.7 Å². The van der Waals surface area contributed by atoms with E-state index in [0.717, 1.165) is 23.0 Å². The molecule has 2 aromatic carbocycles. The minimum absolute atomic E-state index is 0.680. The molecular weight excluding hydrogens is 288 g/mol. The molecule has 1 aliphatic heterocycles. The van der Waals surface area contributed by atoms with Gasteiger partial charge < -0.3 is 9.47 Å². The third-order valence-electron chi connectivity index (χ3n) is 2.82. The van der Waals surface area contributed by atoms with Gasteiger partial charge in [0.25, 0.3) is 0 Å². The van der Waals surface area contributed by atoms with Crippen molar-refractivity contribution in [2.24, 2.45) is 0 Å². The van der Waals surface area contributed by atoms with E-state index in [1.54, 1.807) is 23.5 Å². The van der Waals surface area contributed by atoms with Crippen LogP contribution in [0.1, 0.15) is 6.42 Å². The van der Waals surface area contributed by atoms with Crippen LogP contribution in [0.5, 0.6) is 11.5 Å². The molecule has 0 aromatic heterocycles. The van der Waals surface area contributed by atoms with Crippen LogP contribution in [0.25, 0.3) is 0 Å². The van der Waals surface area contributed by atoms with Crippen LogP contribution in [-0.4, -0.2) is 16.0 Å². The monoisotopic (exact) mass is 304 g/mol. The van der Waals surface area contributed by atoms with Crippen molar-refractivity contribution >= 4 is 23.5 Å². The van der Waals surface area contributed by atoms with Crippen LogP contribution in [-0.2, 0) is 0 Å². The maximum absolute atomic E-state index is 6.15. The Bertz CT molecular complexity index is 481. The van der Waals surface area contributed by atoms with E-state index < -0.39 is 4.45 Å². The molecule has 0 bridgehead atoms. The Kier molecular flexibility index (Phi) is 4.43. The predicted molar refractivity (Wildman–Crippen MR) is 86.4 cm³/mol. The van der Waals surface area contributed by atoms with E-state index in [1.165, 1.54) is 6.42 Å². The average molecular weight is 304 g/mol. The maximum atomic E-state index is 6.15. The van der Waals surface area contributed by atoms with Crippen molar-refractivity contribution in [2.75, 3.05) is 11.5 Å². The first-order valence-corrected chi connectivity index (χ1v) is 8.59. The van der Waals surface area contributed by atoms with E-state index in [1.807, 2.05) is 60.7 Å². The third-order valence-corrected chi connectivity index (χ3v) is 5.55. The molecule has 0 spiro atoms. The van der Waals surface area contributed by atoms with Crippen LogP contribution in [0.3, 0.4) is 0 Å². The second-order valence-electron chi connectivity index (χ2n) is 4.38. The van der Waals surface area contributed by atoms with Gasteiger partial charge in [-0.25, -0.2) is 0 Å². The summed E-state index contributed by atoms with van der Waals surface area (Å²) in [6.07, 6.45) is 1.19. The van der Waals surface area contributed by atoms with Crippen molar-refractivity contribution in [3.05, 3.63) is 60.7 Å². The van der Waals surface area contributed by atoms with Crippen LogP contribution in [0.15, 0.2) is 60.7 Å². The summed E-state index contributed by atoms with van der Waals surface area (Å²) in [5.41, 5.74) is 0. The van der Waals surface area contributed by atoms with Crippen LogP contribution < -0.4 is 9.47 Å². The molecule has 0 N–H and O–H groups in total. The van der Waals surface area contributed by atoms with Crippen molar-refractivity contribution in [2.45, 2.75) is 10.9 Å². The first-order valence-electron chi connectivity index (χ1n) is 6.62. The summed E-state index contributed by atoms with van der Waals surface area (Å²) in [6.45, 7) is 0. The van der Waals surface area contributed by atoms with Crippen molar-refractivity contribution in [3.63, 3.8) is 0 Å². The molecule has 1 fully saturated rings. The minimum atomic E-state index is -0.680. The smallest absolute Gasteiger partial charge is 0.354 e. The summed E-state index contributed by atoms with van der Waals surface area (Å²) >= 11 is 3.44. The zero-order valence-corrected chi connectivity index (χ0v) is 12.7. The minimum Gasteiger partial charge on any atom is -0.435 e. The summed E-state index contributed by atoms with van der Waals surface area (Å²) in [4.78, 5) is 0. The molecule has 0 saturated carbocycles. The van der Waals surface area contributed by atoms with Crippen molar-refractivity contribution < 1.29 is 9.47 Å². The molecule has 0 radical (unpaired) electrons. The van der Waals surface area contributed by atoms with Crippen LogP contribution in [0, 0.1) is 0 Å². The Morgan fingerprint density at radius 3 is 1.60 bits per heavy atom. The van der Waals surface area contributed by atoms with Gasteiger partial charge in [-0.1, -0.05) is 59.9 Å². The second kappa shape index (κ2) is 6.46. The van der Waals surface area contributed by atoms with Gasteiger partial charge in [0, 0.05) is 11.5 Å². The lowest BCUT2D eigenvalue weighted by molar-refractivity contribution is 0.0513. The van der Waals surface area contributed by atoms with E-state index in [9.17, 15) is 0 Å². The van der Waals surface area contributed by atoms with Gasteiger partial charge in [-0.3, -0.25) is 0 Å². The SMILES string of the molecule is c1ccc(OC2(Oc3ccccc3)SCCCS2)cc1. The van der Waals surface area contributed by atoms with E-state index in [0.29, 0.717) is 0 Å². The van der Waals surface area contributed by atoms with E-state index in [4.69, 9.17) is 9.47 Å². The van der Waals surface area contributed by atoms with Gasteiger partial charge in [-0.15, -0.1) is 0 Å². The van der Waals surface area contributed by atoms with Crippen LogP contribution in [0.2, 0.25) is 0 Å². The summed E-state index contributed by atoms with van der Waals surface area (Å²) in [5, 5.41) is 0. The fourth-order valence-electron chi connectivity index (χ4n) is 1.90. The number of thioether (sulfide) groups is 2. The lowest BCUT2D eigenvalue weighted by Crippen LogP contribution is -2.38. The Morgan fingerprint density at radius 1 is 0.700 bits per heavy atom. The zero-order chi connectivity index (χ0) is 13.7. The second-order valence-corrected chi connectivity index (χ2v) is 7.11. The molecule has 1 aliphatic rings. The van der Waals surface area contributed by atoms with Gasteiger partial charge in [0.2, 0.25) is 0 Å². The number of hydrogen-bond donors (Lipinski definition) is 0. The number of rotatable bonds is 4. The maximum Gasteiger partial charge on any atom is 0.354 e. The Labute approximate surface area is 127 Å². The third kappa shape index (κ3) is 3.44. The van der Waals surface area contributed by atoms with E-state index in [2.05, 4.69) is 0 Å². The molecule has 3 rings (SSSR count). The molecule has 20 heavy (non-hydrogen) atoms. The molecule has 2 nitrogen and oxygen atoms in total. The van der Waals surface area contributed by atoms with Gasteiger partial charge in [-0.2, -0.15) is 0 Å². The first kappa shape index (κ1) is 13.7. The van der Waals surface area contributed by atoms with Crippen molar-refractivity contribution in [3.8, 4) is 11.5 Å². The molecule has 0 aliphatic carbocycles. The summed E-state index contributed by atoms with van der Waals surface area (Å²) in [7, 11) is 0. The molecule has 1 saturated heterocycles. The highest BCUT2D eigenvalue weighted by molar-refractivity contribution is 8.18. The molecule has 2 aromatic rings. The number of para-hydroxylation sites is 2. The Morgan fingerprint density at radius 2 is 1.15 bits per heavy atom. The highest BCUT2D eigenvalue weighted by atomic mass is 32.2. The topological polar surface area (TPSA) is 18.5 Å². The predicted octanol–water partition coefficient (Wildman–Crippen LogP) is 4.63. The molecular formula is C16H16O2S2. The van der Waals surface area contributed by atoms with Gasteiger partial charge in [0.1, 0.15) is 11.5 Å². The Balaban J connectivity index is 1.81. The van der Waals surface area contributed by atoms with Gasteiger partial charge in [0.15, 0.2) is 0 Å².